The Morgan fingerprint density at radius 3 is 2.52 bits per heavy atom. The minimum Gasteiger partial charge on any atom is -0.344 e. The lowest BCUT2D eigenvalue weighted by Gasteiger charge is -2.23. The number of aryl methyl sites for hydroxylation is 1. The zero-order valence-electron chi connectivity index (χ0n) is 13.2. The topological polar surface area (TPSA) is 15.3 Å². The number of para-hydroxylation sites is 1. The second kappa shape index (κ2) is 7.10. The van der Waals surface area contributed by atoms with Crippen LogP contribution in [0.15, 0.2) is 46.9 Å². The van der Waals surface area contributed by atoms with E-state index in [9.17, 15) is 0 Å². The highest BCUT2D eigenvalue weighted by molar-refractivity contribution is 9.10. The Bertz CT molecular complexity index is 610. The molecule has 0 saturated carbocycles. The third-order valence-corrected chi connectivity index (χ3v) is 4.51. The molecule has 0 aromatic heterocycles. The monoisotopic (exact) mass is 346 g/mol. The Morgan fingerprint density at radius 2 is 1.90 bits per heavy atom. The normalized spacial score (nSPS) is 12.2. The summed E-state index contributed by atoms with van der Waals surface area (Å²) in [6.45, 7) is 7.43. The van der Waals surface area contributed by atoms with Gasteiger partial charge in [0.25, 0.3) is 0 Å². The summed E-state index contributed by atoms with van der Waals surface area (Å²) in [5.41, 5.74) is 4.99. The maximum atomic E-state index is 3.71. The molecule has 1 N–H and O–H groups in total. The highest BCUT2D eigenvalue weighted by Gasteiger charge is 2.12. The van der Waals surface area contributed by atoms with E-state index in [-0.39, 0.29) is 0 Å². The second-order valence-corrected chi connectivity index (χ2v) is 6.19. The first-order valence-corrected chi connectivity index (χ1v) is 8.16. The van der Waals surface area contributed by atoms with Crippen LogP contribution >= 0.6 is 15.9 Å². The largest absolute Gasteiger partial charge is 0.344 e. The standard InChI is InChI=1S/C18H23BrN2/c1-5-20-14(3)16-11-10-15(12-17(16)19)21(4)18-9-7-6-8-13(18)2/h6-12,14,20H,5H2,1-4H3. The summed E-state index contributed by atoms with van der Waals surface area (Å²) in [5, 5.41) is 3.45. The molecule has 21 heavy (non-hydrogen) atoms. The van der Waals surface area contributed by atoms with Crippen molar-refractivity contribution in [2.75, 3.05) is 18.5 Å². The molecule has 3 heteroatoms. The van der Waals surface area contributed by atoms with E-state index in [0.29, 0.717) is 6.04 Å². The number of halogens is 1. The smallest absolute Gasteiger partial charge is 0.0437 e. The Labute approximate surface area is 136 Å². The molecule has 0 fully saturated rings. The fraction of sp³-hybridized carbons (Fsp3) is 0.333. The van der Waals surface area contributed by atoms with Crippen LogP contribution in [0.5, 0.6) is 0 Å². The average Bonchev–Trinajstić information content (AvgIpc) is 2.47. The van der Waals surface area contributed by atoms with Gasteiger partial charge in [0.2, 0.25) is 0 Å². The fourth-order valence-corrected chi connectivity index (χ4v) is 3.28. The molecule has 0 heterocycles. The Balaban J connectivity index is 2.30. The molecule has 0 saturated heterocycles. The molecular weight excluding hydrogens is 324 g/mol. The van der Waals surface area contributed by atoms with Gasteiger partial charge in [-0.1, -0.05) is 47.1 Å². The number of hydrogen-bond donors (Lipinski definition) is 1. The van der Waals surface area contributed by atoms with Crippen LogP contribution in [0.1, 0.15) is 31.0 Å². The van der Waals surface area contributed by atoms with Crippen molar-refractivity contribution in [3.8, 4) is 0 Å². The summed E-state index contributed by atoms with van der Waals surface area (Å²) in [7, 11) is 2.11. The molecular formula is C18H23BrN2. The third kappa shape index (κ3) is 3.66. The molecule has 112 valence electrons. The van der Waals surface area contributed by atoms with Crippen LogP contribution < -0.4 is 10.2 Å². The summed E-state index contributed by atoms with van der Waals surface area (Å²) in [4.78, 5) is 2.22. The van der Waals surface area contributed by atoms with Gasteiger partial charge in [0, 0.05) is 28.9 Å². The lowest BCUT2D eigenvalue weighted by Crippen LogP contribution is -2.18. The molecule has 0 aliphatic heterocycles. The molecule has 0 radical (unpaired) electrons. The number of anilines is 2. The van der Waals surface area contributed by atoms with Gasteiger partial charge in [0.15, 0.2) is 0 Å². The van der Waals surface area contributed by atoms with Crippen LogP contribution in [0.4, 0.5) is 11.4 Å². The minimum atomic E-state index is 0.349. The molecule has 0 aliphatic rings. The SMILES string of the molecule is CCNC(C)c1ccc(N(C)c2ccccc2C)cc1Br. The second-order valence-electron chi connectivity index (χ2n) is 5.33. The van der Waals surface area contributed by atoms with Crippen molar-refractivity contribution < 1.29 is 0 Å². The van der Waals surface area contributed by atoms with Crippen molar-refractivity contribution in [2.24, 2.45) is 0 Å². The Kier molecular flexibility index (Phi) is 5.43. The summed E-state index contributed by atoms with van der Waals surface area (Å²) in [5.74, 6) is 0. The quantitative estimate of drug-likeness (QED) is 0.800. The van der Waals surface area contributed by atoms with Gasteiger partial charge < -0.3 is 10.2 Å². The number of nitrogens with zero attached hydrogens (tertiary/aromatic N) is 1. The van der Waals surface area contributed by atoms with Crippen molar-refractivity contribution >= 4 is 27.3 Å². The highest BCUT2D eigenvalue weighted by Crippen LogP contribution is 2.32. The lowest BCUT2D eigenvalue weighted by molar-refractivity contribution is 0.596. The van der Waals surface area contributed by atoms with Gasteiger partial charge in [-0.25, -0.2) is 0 Å². The zero-order valence-corrected chi connectivity index (χ0v) is 14.7. The molecule has 0 amide bonds. The fourth-order valence-electron chi connectivity index (χ4n) is 2.57. The van der Waals surface area contributed by atoms with E-state index in [0.717, 1.165) is 11.0 Å². The molecule has 1 unspecified atom stereocenters. The van der Waals surface area contributed by atoms with E-state index >= 15 is 0 Å². The van der Waals surface area contributed by atoms with Crippen LogP contribution in [0, 0.1) is 6.92 Å². The number of hydrogen-bond acceptors (Lipinski definition) is 2. The van der Waals surface area contributed by atoms with Crippen LogP contribution in [0.25, 0.3) is 0 Å². The Morgan fingerprint density at radius 1 is 1.19 bits per heavy atom. The molecule has 2 aromatic carbocycles. The van der Waals surface area contributed by atoms with E-state index in [2.05, 4.69) is 96.4 Å². The number of rotatable bonds is 5. The molecule has 2 aromatic rings. The predicted octanol–water partition coefficient (Wildman–Crippen LogP) is 5.20. The first kappa shape index (κ1) is 16.1. The minimum absolute atomic E-state index is 0.349. The van der Waals surface area contributed by atoms with Crippen molar-refractivity contribution in [2.45, 2.75) is 26.8 Å². The zero-order chi connectivity index (χ0) is 15.4. The van der Waals surface area contributed by atoms with Crippen molar-refractivity contribution in [1.82, 2.24) is 5.32 Å². The van der Waals surface area contributed by atoms with Crippen LogP contribution in [0.2, 0.25) is 0 Å². The molecule has 0 bridgehead atoms. The molecule has 0 aliphatic carbocycles. The number of nitrogens with one attached hydrogen (secondary N) is 1. The summed E-state index contributed by atoms with van der Waals surface area (Å²) < 4.78 is 1.15. The van der Waals surface area contributed by atoms with Crippen LogP contribution in [-0.4, -0.2) is 13.6 Å². The van der Waals surface area contributed by atoms with Gasteiger partial charge in [-0.3, -0.25) is 0 Å². The van der Waals surface area contributed by atoms with Gasteiger partial charge in [-0.05, 0) is 49.7 Å². The average molecular weight is 347 g/mol. The van der Waals surface area contributed by atoms with Gasteiger partial charge in [-0.2, -0.15) is 0 Å². The van der Waals surface area contributed by atoms with E-state index in [1.807, 2.05) is 0 Å². The third-order valence-electron chi connectivity index (χ3n) is 3.82. The van der Waals surface area contributed by atoms with Crippen molar-refractivity contribution in [1.29, 1.82) is 0 Å². The predicted molar refractivity (Wildman–Crippen MR) is 95.5 cm³/mol. The molecule has 2 rings (SSSR count). The van der Waals surface area contributed by atoms with Crippen molar-refractivity contribution in [3.05, 3.63) is 58.1 Å². The highest BCUT2D eigenvalue weighted by atomic mass is 79.9. The molecule has 2 nitrogen and oxygen atoms in total. The molecule has 1 atom stereocenters. The summed E-state index contributed by atoms with van der Waals surface area (Å²) >= 11 is 3.71. The van der Waals surface area contributed by atoms with Crippen LogP contribution in [-0.2, 0) is 0 Å². The Hall–Kier alpha value is -1.32. The number of benzene rings is 2. The van der Waals surface area contributed by atoms with E-state index in [1.165, 1.54) is 22.5 Å². The van der Waals surface area contributed by atoms with Crippen LogP contribution in [0.3, 0.4) is 0 Å². The maximum Gasteiger partial charge on any atom is 0.0437 e. The first-order valence-electron chi connectivity index (χ1n) is 7.36. The summed E-state index contributed by atoms with van der Waals surface area (Å²) in [6, 6.07) is 15.4. The first-order chi connectivity index (χ1) is 10.0. The van der Waals surface area contributed by atoms with Gasteiger partial charge in [0.1, 0.15) is 0 Å². The van der Waals surface area contributed by atoms with E-state index < -0.39 is 0 Å². The maximum absolute atomic E-state index is 3.71. The van der Waals surface area contributed by atoms with E-state index in [1.54, 1.807) is 0 Å². The molecule has 0 spiro atoms. The van der Waals surface area contributed by atoms with Crippen molar-refractivity contribution in [3.63, 3.8) is 0 Å². The van der Waals surface area contributed by atoms with Gasteiger partial charge >= 0.3 is 0 Å². The van der Waals surface area contributed by atoms with Gasteiger partial charge in [0.05, 0.1) is 0 Å². The summed E-state index contributed by atoms with van der Waals surface area (Å²) in [6.07, 6.45) is 0. The van der Waals surface area contributed by atoms with E-state index in [4.69, 9.17) is 0 Å². The lowest BCUT2D eigenvalue weighted by atomic mass is 10.1. The van der Waals surface area contributed by atoms with Gasteiger partial charge in [-0.15, -0.1) is 0 Å².